The summed E-state index contributed by atoms with van der Waals surface area (Å²) in [5.41, 5.74) is 2.14. The van der Waals surface area contributed by atoms with Crippen molar-refractivity contribution >= 4 is 0 Å². The fourth-order valence-corrected chi connectivity index (χ4v) is 1.44. The first kappa shape index (κ1) is 9.84. The molecule has 2 heteroatoms. The summed E-state index contributed by atoms with van der Waals surface area (Å²) in [6.07, 6.45) is 4.37. The van der Waals surface area contributed by atoms with Crippen molar-refractivity contribution in [1.29, 1.82) is 0 Å². The minimum absolute atomic E-state index is 0.722. The molecule has 0 atom stereocenters. The first-order chi connectivity index (χ1) is 7.42. The number of rotatable bonds is 4. The van der Waals surface area contributed by atoms with Crippen LogP contribution in [0, 0.1) is 0 Å². The maximum Gasteiger partial charge on any atom is 0.165 e. The summed E-state index contributed by atoms with van der Waals surface area (Å²) in [6, 6.07) is 10.1. The third-order valence-corrected chi connectivity index (χ3v) is 2.17. The smallest absolute Gasteiger partial charge is 0.165 e. The SMILES string of the molecule is CCCOc1cocc1-c1ccccc1. The second kappa shape index (κ2) is 4.69. The van der Waals surface area contributed by atoms with Crippen molar-refractivity contribution in [3.05, 3.63) is 42.9 Å². The van der Waals surface area contributed by atoms with Crippen LogP contribution in [0.5, 0.6) is 5.75 Å². The Hall–Kier alpha value is -1.70. The Morgan fingerprint density at radius 2 is 1.93 bits per heavy atom. The number of ether oxygens (including phenoxy) is 1. The molecule has 0 aliphatic rings. The molecular weight excluding hydrogens is 188 g/mol. The van der Waals surface area contributed by atoms with Gasteiger partial charge in [-0.25, -0.2) is 0 Å². The van der Waals surface area contributed by atoms with Gasteiger partial charge in [-0.05, 0) is 12.0 Å². The summed E-state index contributed by atoms with van der Waals surface area (Å²) in [5, 5.41) is 0. The molecule has 0 fully saturated rings. The summed E-state index contributed by atoms with van der Waals surface area (Å²) < 4.78 is 10.8. The highest BCUT2D eigenvalue weighted by atomic mass is 16.5. The molecule has 0 aliphatic carbocycles. The van der Waals surface area contributed by atoms with Gasteiger partial charge in [-0.3, -0.25) is 0 Å². The molecule has 0 spiro atoms. The third kappa shape index (κ3) is 2.21. The Labute approximate surface area is 89.5 Å². The molecule has 0 radical (unpaired) electrons. The minimum atomic E-state index is 0.722. The lowest BCUT2D eigenvalue weighted by molar-refractivity contribution is 0.314. The Kier molecular flexibility index (Phi) is 3.08. The number of furan rings is 1. The minimum Gasteiger partial charge on any atom is -0.490 e. The fraction of sp³-hybridized carbons (Fsp3) is 0.231. The Morgan fingerprint density at radius 3 is 2.67 bits per heavy atom. The second-order valence-corrected chi connectivity index (χ2v) is 3.36. The monoisotopic (exact) mass is 202 g/mol. The van der Waals surface area contributed by atoms with Crippen molar-refractivity contribution in [2.45, 2.75) is 13.3 Å². The topological polar surface area (TPSA) is 22.4 Å². The summed E-state index contributed by atoms with van der Waals surface area (Å²) >= 11 is 0. The molecule has 0 aliphatic heterocycles. The van der Waals surface area contributed by atoms with Crippen LogP contribution in [0.15, 0.2) is 47.3 Å². The molecular formula is C13H14O2. The predicted molar refractivity (Wildman–Crippen MR) is 59.9 cm³/mol. The van der Waals surface area contributed by atoms with Gasteiger partial charge in [-0.1, -0.05) is 37.3 Å². The zero-order valence-electron chi connectivity index (χ0n) is 8.77. The first-order valence-electron chi connectivity index (χ1n) is 5.16. The van der Waals surface area contributed by atoms with Gasteiger partial charge in [0.05, 0.1) is 12.2 Å². The molecule has 2 nitrogen and oxygen atoms in total. The number of hydrogen-bond acceptors (Lipinski definition) is 2. The molecule has 1 heterocycles. The quantitative estimate of drug-likeness (QED) is 0.753. The molecule has 78 valence electrons. The molecule has 0 amide bonds. The van der Waals surface area contributed by atoms with Gasteiger partial charge < -0.3 is 9.15 Å². The summed E-state index contributed by atoms with van der Waals surface area (Å²) in [5.74, 6) is 0.822. The van der Waals surface area contributed by atoms with Gasteiger partial charge in [0.15, 0.2) is 5.75 Å². The molecule has 2 rings (SSSR count). The molecule has 0 saturated carbocycles. The number of benzene rings is 1. The van der Waals surface area contributed by atoms with Gasteiger partial charge in [0.2, 0.25) is 0 Å². The standard InChI is InChI=1S/C13H14O2/c1-2-8-15-13-10-14-9-12(13)11-6-4-3-5-7-11/h3-7,9-10H,2,8H2,1H3. The van der Waals surface area contributed by atoms with Gasteiger partial charge in [0, 0.05) is 0 Å². The van der Waals surface area contributed by atoms with E-state index in [4.69, 9.17) is 9.15 Å². The average Bonchev–Trinajstić information content (AvgIpc) is 2.75. The van der Waals surface area contributed by atoms with Crippen molar-refractivity contribution in [2.24, 2.45) is 0 Å². The lowest BCUT2D eigenvalue weighted by atomic mass is 10.1. The van der Waals surface area contributed by atoms with Crippen LogP contribution < -0.4 is 4.74 Å². The van der Waals surface area contributed by atoms with E-state index in [-0.39, 0.29) is 0 Å². The van der Waals surface area contributed by atoms with E-state index in [0.717, 1.165) is 29.9 Å². The van der Waals surface area contributed by atoms with Crippen molar-refractivity contribution in [3.8, 4) is 16.9 Å². The molecule has 0 N–H and O–H groups in total. The van der Waals surface area contributed by atoms with E-state index >= 15 is 0 Å². The lowest BCUT2D eigenvalue weighted by Crippen LogP contribution is -1.94. The van der Waals surface area contributed by atoms with Crippen LogP contribution in [0.1, 0.15) is 13.3 Å². The van der Waals surface area contributed by atoms with Gasteiger partial charge >= 0.3 is 0 Å². The van der Waals surface area contributed by atoms with Crippen LogP contribution in [0.2, 0.25) is 0 Å². The normalized spacial score (nSPS) is 10.2. The fourth-order valence-electron chi connectivity index (χ4n) is 1.44. The molecule has 15 heavy (non-hydrogen) atoms. The van der Waals surface area contributed by atoms with E-state index in [9.17, 15) is 0 Å². The maximum atomic E-state index is 5.59. The van der Waals surface area contributed by atoms with Gasteiger partial charge in [-0.15, -0.1) is 0 Å². The molecule has 1 aromatic heterocycles. The molecule has 0 unspecified atom stereocenters. The molecule has 2 aromatic rings. The Bertz CT molecular complexity index is 403. The van der Waals surface area contributed by atoms with Crippen LogP contribution in [-0.4, -0.2) is 6.61 Å². The van der Waals surface area contributed by atoms with Crippen molar-refractivity contribution in [3.63, 3.8) is 0 Å². The largest absolute Gasteiger partial charge is 0.490 e. The zero-order chi connectivity index (χ0) is 10.5. The average molecular weight is 202 g/mol. The molecule has 1 aromatic carbocycles. The predicted octanol–water partition coefficient (Wildman–Crippen LogP) is 3.74. The molecule has 0 bridgehead atoms. The second-order valence-electron chi connectivity index (χ2n) is 3.36. The summed E-state index contributed by atoms with van der Waals surface area (Å²) in [7, 11) is 0. The highest BCUT2D eigenvalue weighted by Gasteiger charge is 2.07. The Morgan fingerprint density at radius 1 is 1.13 bits per heavy atom. The van der Waals surface area contributed by atoms with E-state index in [1.165, 1.54) is 0 Å². The van der Waals surface area contributed by atoms with E-state index in [2.05, 4.69) is 6.92 Å². The summed E-state index contributed by atoms with van der Waals surface area (Å²) in [6.45, 7) is 2.81. The van der Waals surface area contributed by atoms with Crippen LogP contribution in [-0.2, 0) is 0 Å². The van der Waals surface area contributed by atoms with Gasteiger partial charge in [0.25, 0.3) is 0 Å². The zero-order valence-corrected chi connectivity index (χ0v) is 8.77. The van der Waals surface area contributed by atoms with E-state index in [1.54, 1.807) is 12.5 Å². The van der Waals surface area contributed by atoms with E-state index in [0.29, 0.717) is 0 Å². The molecule has 0 saturated heterocycles. The highest BCUT2D eigenvalue weighted by Crippen LogP contribution is 2.30. The van der Waals surface area contributed by atoms with Crippen molar-refractivity contribution in [2.75, 3.05) is 6.61 Å². The number of hydrogen-bond donors (Lipinski definition) is 0. The third-order valence-electron chi connectivity index (χ3n) is 2.17. The van der Waals surface area contributed by atoms with Gasteiger partial charge in [-0.2, -0.15) is 0 Å². The van der Waals surface area contributed by atoms with Crippen LogP contribution in [0.4, 0.5) is 0 Å². The van der Waals surface area contributed by atoms with Crippen molar-refractivity contribution in [1.82, 2.24) is 0 Å². The van der Waals surface area contributed by atoms with E-state index in [1.807, 2.05) is 30.3 Å². The van der Waals surface area contributed by atoms with Crippen LogP contribution in [0.25, 0.3) is 11.1 Å². The van der Waals surface area contributed by atoms with E-state index < -0.39 is 0 Å². The highest BCUT2D eigenvalue weighted by molar-refractivity contribution is 5.68. The van der Waals surface area contributed by atoms with Crippen molar-refractivity contribution < 1.29 is 9.15 Å². The van der Waals surface area contributed by atoms with Crippen LogP contribution >= 0.6 is 0 Å². The summed E-state index contributed by atoms with van der Waals surface area (Å²) in [4.78, 5) is 0. The lowest BCUT2D eigenvalue weighted by Gasteiger charge is -2.04. The first-order valence-corrected chi connectivity index (χ1v) is 5.16. The maximum absolute atomic E-state index is 5.59. The van der Waals surface area contributed by atoms with Crippen LogP contribution in [0.3, 0.4) is 0 Å². The van der Waals surface area contributed by atoms with Gasteiger partial charge in [0.1, 0.15) is 12.5 Å². The Balaban J connectivity index is 2.25.